The summed E-state index contributed by atoms with van der Waals surface area (Å²) in [6.07, 6.45) is 7.66. The zero-order chi connectivity index (χ0) is 16.3. The Balaban J connectivity index is 1.70. The monoisotopic (exact) mass is 323 g/mol. The molecule has 0 radical (unpaired) electrons. The van der Waals surface area contributed by atoms with Crippen LogP contribution in [0.25, 0.3) is 0 Å². The van der Waals surface area contributed by atoms with Gasteiger partial charge in [-0.2, -0.15) is 0 Å². The summed E-state index contributed by atoms with van der Waals surface area (Å²) in [5.74, 6) is 0.885. The molecule has 1 aliphatic heterocycles. The molecule has 23 heavy (non-hydrogen) atoms. The lowest BCUT2D eigenvalue weighted by Gasteiger charge is -2.24. The van der Waals surface area contributed by atoms with Gasteiger partial charge in [-0.05, 0) is 25.0 Å². The zero-order valence-electron chi connectivity index (χ0n) is 15.2. The molecule has 0 bridgehead atoms. The fourth-order valence-corrected chi connectivity index (χ4v) is 3.49. The largest absolute Gasteiger partial charge is 0.370 e. The van der Waals surface area contributed by atoms with Crippen molar-refractivity contribution in [2.24, 2.45) is 5.92 Å². The maximum Gasteiger partial charge on any atom is 0.116 e. The van der Waals surface area contributed by atoms with Crippen molar-refractivity contribution in [2.45, 2.75) is 52.6 Å². The lowest BCUT2D eigenvalue weighted by molar-refractivity contribution is -0.908. The number of quaternary nitrogens is 2. The highest BCUT2D eigenvalue weighted by Crippen LogP contribution is 2.09. The van der Waals surface area contributed by atoms with Crippen molar-refractivity contribution in [2.75, 3.05) is 39.4 Å². The maximum atomic E-state index is 5.44. The Hall–Kier alpha value is -0.840. The average molecular weight is 324 g/mol. The first kappa shape index (κ1) is 18.5. The van der Waals surface area contributed by atoms with Crippen LogP contribution in [0, 0.1) is 5.92 Å². The lowest BCUT2D eigenvalue weighted by Crippen LogP contribution is -3.14. The highest BCUT2D eigenvalue weighted by Gasteiger charge is 2.14. The van der Waals surface area contributed by atoms with E-state index < -0.39 is 0 Å². The number of hydrogen-bond acceptors (Lipinski definition) is 1. The molecule has 2 heterocycles. The van der Waals surface area contributed by atoms with E-state index in [1.165, 1.54) is 57.6 Å². The summed E-state index contributed by atoms with van der Waals surface area (Å²) in [5, 5.41) is 2.51. The molecule has 4 heteroatoms. The molecule has 1 aromatic heterocycles. The van der Waals surface area contributed by atoms with Crippen LogP contribution in [-0.4, -0.2) is 44.0 Å². The zero-order valence-corrected chi connectivity index (χ0v) is 15.2. The van der Waals surface area contributed by atoms with Gasteiger partial charge in [0.2, 0.25) is 0 Å². The molecule has 2 rings (SSSR count). The Morgan fingerprint density at radius 1 is 1.30 bits per heavy atom. The molecular formula is C19H37N3O+2. The van der Waals surface area contributed by atoms with Crippen molar-refractivity contribution >= 4 is 0 Å². The Morgan fingerprint density at radius 3 is 2.87 bits per heavy atom. The van der Waals surface area contributed by atoms with Crippen molar-refractivity contribution in [3.63, 3.8) is 0 Å². The molecule has 0 saturated carbocycles. The highest BCUT2D eigenvalue weighted by atomic mass is 16.5. The second-order valence-corrected chi connectivity index (χ2v) is 6.95. The molecule has 1 fully saturated rings. The van der Waals surface area contributed by atoms with Crippen molar-refractivity contribution in [1.82, 2.24) is 4.57 Å². The molecule has 3 N–H and O–H groups in total. The second kappa shape index (κ2) is 10.8. The van der Waals surface area contributed by atoms with E-state index in [-0.39, 0.29) is 0 Å². The first-order valence-electron chi connectivity index (χ1n) is 9.70. The predicted octanol–water partition coefficient (Wildman–Crippen LogP) is 0.683. The van der Waals surface area contributed by atoms with Crippen molar-refractivity contribution < 1.29 is 15.0 Å². The van der Waals surface area contributed by atoms with E-state index >= 15 is 0 Å². The van der Waals surface area contributed by atoms with Gasteiger partial charge in [-0.15, -0.1) is 0 Å². The minimum atomic E-state index is 0.885. The second-order valence-electron chi connectivity index (χ2n) is 6.95. The van der Waals surface area contributed by atoms with Gasteiger partial charge in [-0.25, -0.2) is 0 Å². The molecule has 1 aliphatic rings. The molecule has 0 unspecified atom stereocenters. The summed E-state index contributed by atoms with van der Waals surface area (Å²) in [6, 6.07) is 4.49. The third-order valence-electron chi connectivity index (χ3n) is 5.23. The topological polar surface area (TPSA) is 35.2 Å². The summed E-state index contributed by atoms with van der Waals surface area (Å²) in [4.78, 5) is 1.69. The normalized spacial score (nSPS) is 17.5. The van der Waals surface area contributed by atoms with Crippen LogP contribution in [0.4, 0.5) is 0 Å². The summed E-state index contributed by atoms with van der Waals surface area (Å²) < 4.78 is 7.89. The quantitative estimate of drug-likeness (QED) is 0.617. The van der Waals surface area contributed by atoms with Gasteiger partial charge in [0.05, 0.1) is 38.5 Å². The van der Waals surface area contributed by atoms with Gasteiger partial charge in [0.15, 0.2) is 0 Å². The van der Waals surface area contributed by atoms with Crippen LogP contribution in [0.3, 0.4) is 0 Å². The SMILES string of the molecule is CCCC[C@@H](CC)C[NH2+]Cc1cccn1CC[NH+]1CCOCC1. The van der Waals surface area contributed by atoms with Gasteiger partial charge in [-0.3, -0.25) is 0 Å². The van der Waals surface area contributed by atoms with E-state index in [4.69, 9.17) is 4.74 Å². The van der Waals surface area contributed by atoms with Gasteiger partial charge < -0.3 is 19.5 Å². The Labute approximate surface area is 142 Å². The fraction of sp³-hybridized carbons (Fsp3) is 0.789. The Bertz CT molecular complexity index is 413. The molecule has 4 nitrogen and oxygen atoms in total. The van der Waals surface area contributed by atoms with Crippen LogP contribution in [-0.2, 0) is 17.8 Å². The molecule has 0 aromatic carbocycles. The van der Waals surface area contributed by atoms with Crippen LogP contribution >= 0.6 is 0 Å². The van der Waals surface area contributed by atoms with Gasteiger partial charge in [0.25, 0.3) is 0 Å². The lowest BCUT2D eigenvalue weighted by atomic mass is 9.99. The molecule has 1 atom stereocenters. The number of aromatic nitrogens is 1. The van der Waals surface area contributed by atoms with Crippen LogP contribution in [0.1, 0.15) is 45.2 Å². The van der Waals surface area contributed by atoms with Crippen molar-refractivity contribution in [3.05, 3.63) is 24.0 Å². The first-order chi connectivity index (χ1) is 11.3. The Kier molecular flexibility index (Phi) is 8.72. The number of nitrogens with zero attached hydrogens (tertiary/aromatic N) is 1. The van der Waals surface area contributed by atoms with Crippen molar-refractivity contribution in [3.8, 4) is 0 Å². The number of hydrogen-bond donors (Lipinski definition) is 2. The third kappa shape index (κ3) is 6.66. The van der Waals surface area contributed by atoms with E-state index in [1.807, 2.05) is 0 Å². The van der Waals surface area contributed by atoms with Crippen molar-refractivity contribution in [1.29, 1.82) is 0 Å². The molecular weight excluding hydrogens is 286 g/mol. The van der Waals surface area contributed by atoms with Crippen LogP contribution in [0.5, 0.6) is 0 Å². The first-order valence-corrected chi connectivity index (χ1v) is 9.70. The maximum absolute atomic E-state index is 5.44. The predicted molar refractivity (Wildman–Crippen MR) is 94.6 cm³/mol. The number of nitrogens with one attached hydrogen (secondary N) is 1. The van der Waals surface area contributed by atoms with E-state index in [2.05, 4.69) is 42.1 Å². The minimum Gasteiger partial charge on any atom is -0.370 e. The van der Waals surface area contributed by atoms with Crippen LogP contribution in [0.2, 0.25) is 0 Å². The smallest absolute Gasteiger partial charge is 0.116 e. The molecule has 1 saturated heterocycles. The van der Waals surface area contributed by atoms with E-state index in [0.29, 0.717) is 0 Å². The molecule has 1 aromatic rings. The van der Waals surface area contributed by atoms with Gasteiger partial charge >= 0.3 is 0 Å². The van der Waals surface area contributed by atoms with E-state index in [9.17, 15) is 0 Å². The van der Waals surface area contributed by atoms with E-state index in [1.54, 1.807) is 4.90 Å². The molecule has 132 valence electrons. The number of nitrogens with two attached hydrogens (primary N) is 1. The standard InChI is InChI=1S/C19H35N3O/c1-3-5-7-18(4-2)16-20-17-19-8-6-9-22(19)11-10-21-12-14-23-15-13-21/h6,8-9,18,20H,3-5,7,10-17H2,1-2H3/p+2/t18-/m1/s1. The number of morpholine rings is 1. The number of rotatable bonds is 11. The molecule has 0 amide bonds. The summed E-state index contributed by atoms with van der Waals surface area (Å²) in [7, 11) is 0. The fourth-order valence-electron chi connectivity index (χ4n) is 3.49. The minimum absolute atomic E-state index is 0.885. The summed E-state index contributed by atoms with van der Waals surface area (Å²) in [6.45, 7) is 13.6. The Morgan fingerprint density at radius 2 is 2.13 bits per heavy atom. The summed E-state index contributed by atoms with van der Waals surface area (Å²) >= 11 is 0. The van der Waals surface area contributed by atoms with Gasteiger partial charge in [0.1, 0.15) is 19.6 Å². The third-order valence-corrected chi connectivity index (χ3v) is 5.23. The van der Waals surface area contributed by atoms with Crippen LogP contribution < -0.4 is 10.2 Å². The summed E-state index contributed by atoms with van der Waals surface area (Å²) in [5.41, 5.74) is 1.48. The van der Waals surface area contributed by atoms with Crippen LogP contribution in [0.15, 0.2) is 18.3 Å². The van der Waals surface area contributed by atoms with E-state index in [0.717, 1.165) is 32.2 Å². The highest BCUT2D eigenvalue weighted by molar-refractivity contribution is 5.05. The van der Waals surface area contributed by atoms with Gasteiger partial charge in [-0.1, -0.05) is 26.7 Å². The number of unbranched alkanes of at least 4 members (excludes halogenated alkanes) is 1. The molecule has 0 spiro atoms. The molecule has 0 aliphatic carbocycles. The van der Waals surface area contributed by atoms with Gasteiger partial charge in [0, 0.05) is 12.1 Å². The number of ether oxygens (including phenoxy) is 1. The average Bonchev–Trinajstić information content (AvgIpc) is 3.04.